The van der Waals surface area contributed by atoms with E-state index in [1.807, 2.05) is 32.1 Å². The van der Waals surface area contributed by atoms with Gasteiger partial charge in [-0.2, -0.15) is 0 Å². The van der Waals surface area contributed by atoms with Gasteiger partial charge in [0.15, 0.2) is 18.4 Å². The number of hydrogen-bond donors (Lipinski definition) is 3. The molecule has 4 saturated heterocycles. The van der Waals surface area contributed by atoms with Crippen molar-refractivity contribution in [2.24, 2.45) is 23.7 Å². The molecule has 0 aromatic rings. The van der Waals surface area contributed by atoms with Crippen LogP contribution in [0.2, 0.25) is 0 Å². The molecule has 14 nitrogen and oxygen atoms in total. The van der Waals surface area contributed by atoms with Gasteiger partial charge in [0.2, 0.25) is 0 Å². The van der Waals surface area contributed by atoms with Gasteiger partial charge < -0.3 is 62.7 Å². The van der Waals surface area contributed by atoms with Gasteiger partial charge in [0.1, 0.15) is 30.0 Å². The van der Waals surface area contributed by atoms with Crippen LogP contribution in [0, 0.1) is 23.7 Å². The van der Waals surface area contributed by atoms with Crippen LogP contribution in [-0.2, 0) is 52.2 Å². The molecule has 6 aliphatic heterocycles. The second-order valence-electron chi connectivity index (χ2n) is 20.0. The largest absolute Gasteiger partial charge is 0.459 e. The van der Waals surface area contributed by atoms with Crippen LogP contribution in [0.3, 0.4) is 0 Å². The van der Waals surface area contributed by atoms with Crippen LogP contribution < -0.4 is 0 Å². The summed E-state index contributed by atoms with van der Waals surface area (Å²) in [4.78, 5) is 14.4. The molecule has 0 unspecified atom stereocenters. The molecule has 2 aliphatic carbocycles. The molecule has 1 spiro atoms. The second-order valence-corrected chi connectivity index (χ2v) is 20.0. The summed E-state index contributed by atoms with van der Waals surface area (Å²) < 4.78 is 64.1. The Morgan fingerprint density at radius 2 is 1.52 bits per heavy atom. The van der Waals surface area contributed by atoms with E-state index >= 15 is 0 Å². The first-order chi connectivity index (χ1) is 30.6. The summed E-state index contributed by atoms with van der Waals surface area (Å²) in [6, 6.07) is 0. The number of methoxy groups -OCH3 is 2. The molecular formula is C50H74O14. The fourth-order valence-electron chi connectivity index (χ4n) is 11.6. The van der Waals surface area contributed by atoms with Crippen molar-refractivity contribution >= 4 is 5.97 Å². The highest BCUT2D eigenvalue weighted by Gasteiger charge is 2.59. The molecule has 3 N–H and O–H groups in total. The summed E-state index contributed by atoms with van der Waals surface area (Å²) in [6.07, 6.45) is 13.8. The number of aliphatic hydroxyl groups excluding tert-OH is 2. The molecule has 1 saturated carbocycles. The summed E-state index contributed by atoms with van der Waals surface area (Å²) in [6.45, 7) is 11.9. The lowest BCUT2D eigenvalue weighted by atomic mass is 9.72. The van der Waals surface area contributed by atoms with Crippen molar-refractivity contribution in [3.05, 3.63) is 59.3 Å². The Balaban J connectivity index is 1.08. The van der Waals surface area contributed by atoms with E-state index in [1.54, 1.807) is 33.3 Å². The van der Waals surface area contributed by atoms with Crippen LogP contribution in [-0.4, -0.2) is 139 Å². The van der Waals surface area contributed by atoms with E-state index in [9.17, 15) is 20.1 Å². The third kappa shape index (κ3) is 9.82. The molecule has 8 aliphatic rings. The van der Waals surface area contributed by atoms with Gasteiger partial charge in [-0.3, -0.25) is 0 Å². The number of carbonyl (C=O) groups is 1. The van der Waals surface area contributed by atoms with Crippen LogP contribution in [0.1, 0.15) is 106 Å². The first kappa shape index (κ1) is 48.2. The van der Waals surface area contributed by atoms with Crippen LogP contribution in [0.5, 0.6) is 0 Å². The molecule has 14 heteroatoms. The lowest BCUT2D eigenvalue weighted by Gasteiger charge is -2.49. The lowest BCUT2D eigenvalue weighted by Crippen LogP contribution is -2.56. The van der Waals surface area contributed by atoms with Crippen LogP contribution in [0.15, 0.2) is 59.3 Å². The highest BCUT2D eigenvalue weighted by molar-refractivity contribution is 5.93. The number of allylic oxidation sites excluding steroid dienone is 2. The number of aliphatic hydroxyl groups is 3. The highest BCUT2D eigenvalue weighted by atomic mass is 16.7. The van der Waals surface area contributed by atoms with Gasteiger partial charge in [-0.1, -0.05) is 76.5 Å². The predicted molar refractivity (Wildman–Crippen MR) is 234 cm³/mol. The molecule has 0 aromatic heterocycles. The molecule has 358 valence electrons. The van der Waals surface area contributed by atoms with E-state index < -0.39 is 90.8 Å². The lowest BCUT2D eigenvalue weighted by molar-refractivity contribution is -0.318. The molecular weight excluding hydrogens is 825 g/mol. The number of carbonyl (C=O) groups excluding carboxylic acids is 1. The molecule has 0 aromatic carbocycles. The zero-order valence-corrected chi connectivity index (χ0v) is 39.0. The van der Waals surface area contributed by atoms with Crippen LogP contribution in [0.25, 0.3) is 0 Å². The standard InChI is InChI=1S/C50H74O14/c1-27-13-12-16-34-26-57-47-42(51)30(4)21-37(50(34,47)54)48(53)60-36-22-35(63-49(25-36)20-19-29(3)45(64-49)33-14-10-9-11-15-33)18-17-28(2)44(27)61-41-24-39(56-8)46(32(6)59-41)62-40-23-38(55-7)43(52)31(5)58-40/h12-13,16-17,19-21,27,29-33,35-36,38-47,51-52,54H,9-11,14-15,18,22-26H2,1-8H3/b13-12+,28-17+,34-16+/t27-,29-,30-,31-,32-,35+,36-,38-,39-,40-,41-,42+,43-,44-,45-,46-,47+,49+,50+/m0/s1. The van der Waals surface area contributed by atoms with E-state index in [4.69, 9.17) is 47.4 Å². The molecule has 0 amide bonds. The summed E-state index contributed by atoms with van der Waals surface area (Å²) in [5.74, 6) is -1.75. The minimum atomic E-state index is -1.89. The normalized spacial score (nSPS) is 49.2. The van der Waals surface area contributed by atoms with Gasteiger partial charge in [0.05, 0.1) is 61.0 Å². The number of esters is 1. The SMILES string of the molecule is CO[C@H]1C[C@H](O[C@H]2[C@H](C)O[C@@H](O[C@@H]3/C(C)=C/C[C@@H]4C[C@@H](C[C@]5(C=C[C@H](C)[C@@H](C6CCCCC6)O5)O4)OC(=O)C4=C[C@H](C)[C@@H](O)[C@H]5OC/C(=C\C=C\[C@@H]3C)[C@@]45O)C[C@@H]2OC)O[C@@H](C)[C@@H]1O. The quantitative estimate of drug-likeness (QED) is 0.204. The molecule has 2 bridgehead atoms. The Morgan fingerprint density at radius 3 is 2.27 bits per heavy atom. The summed E-state index contributed by atoms with van der Waals surface area (Å²) in [7, 11) is 3.23. The minimum absolute atomic E-state index is 0.0260. The number of rotatable bonds is 7. The average molecular weight is 899 g/mol. The van der Waals surface area contributed by atoms with Gasteiger partial charge in [-0.15, -0.1) is 0 Å². The Bertz CT molecular complexity index is 1790. The second kappa shape index (κ2) is 20.1. The smallest absolute Gasteiger partial charge is 0.337 e. The monoisotopic (exact) mass is 899 g/mol. The van der Waals surface area contributed by atoms with E-state index in [1.165, 1.54) is 19.3 Å². The van der Waals surface area contributed by atoms with Crippen molar-refractivity contribution in [3.8, 4) is 0 Å². The zero-order valence-electron chi connectivity index (χ0n) is 39.0. The molecule has 0 radical (unpaired) electrons. The maximum absolute atomic E-state index is 14.4. The fourth-order valence-corrected chi connectivity index (χ4v) is 11.6. The fraction of sp³-hybridized carbons (Fsp3) is 0.780. The van der Waals surface area contributed by atoms with Gasteiger partial charge >= 0.3 is 5.97 Å². The Kier molecular flexibility index (Phi) is 15.1. The Morgan fingerprint density at radius 1 is 0.797 bits per heavy atom. The van der Waals surface area contributed by atoms with E-state index in [-0.39, 0.29) is 42.3 Å². The van der Waals surface area contributed by atoms with Crippen molar-refractivity contribution in [2.75, 3.05) is 20.8 Å². The summed E-state index contributed by atoms with van der Waals surface area (Å²) >= 11 is 0. The third-order valence-electron chi connectivity index (χ3n) is 15.4. The number of fused-ring (bicyclic) bond motifs is 2. The van der Waals surface area contributed by atoms with Crippen molar-refractivity contribution in [1.29, 1.82) is 0 Å². The van der Waals surface area contributed by atoms with Gasteiger partial charge in [0.25, 0.3) is 0 Å². The number of ether oxygens (including phenoxy) is 10. The van der Waals surface area contributed by atoms with E-state index in [0.717, 1.165) is 18.4 Å². The summed E-state index contributed by atoms with van der Waals surface area (Å²) in [5.41, 5.74) is -0.390. The third-order valence-corrected chi connectivity index (χ3v) is 15.4. The zero-order chi connectivity index (χ0) is 45.5. The van der Waals surface area contributed by atoms with Gasteiger partial charge in [-0.25, -0.2) is 4.79 Å². The highest BCUT2D eigenvalue weighted by Crippen LogP contribution is 2.47. The molecule has 64 heavy (non-hydrogen) atoms. The van der Waals surface area contributed by atoms with Gasteiger partial charge in [0, 0.05) is 57.7 Å². The Labute approximate surface area is 379 Å². The molecule has 5 fully saturated rings. The maximum Gasteiger partial charge on any atom is 0.337 e. The maximum atomic E-state index is 14.4. The van der Waals surface area contributed by atoms with Crippen LogP contribution in [0.4, 0.5) is 0 Å². The topological polar surface area (TPSA) is 170 Å². The number of hydrogen-bond acceptors (Lipinski definition) is 14. The first-order valence-corrected chi connectivity index (χ1v) is 24.0. The predicted octanol–water partition coefficient (Wildman–Crippen LogP) is 5.91. The average Bonchev–Trinajstić information content (AvgIpc) is 3.62. The van der Waals surface area contributed by atoms with Gasteiger partial charge in [-0.05, 0) is 63.2 Å². The Hall–Kier alpha value is -2.31. The minimum Gasteiger partial charge on any atom is -0.459 e. The van der Waals surface area contributed by atoms with Crippen molar-refractivity contribution in [3.63, 3.8) is 0 Å². The van der Waals surface area contributed by atoms with Crippen molar-refractivity contribution in [1.82, 2.24) is 0 Å². The van der Waals surface area contributed by atoms with Crippen molar-refractivity contribution < 1.29 is 67.5 Å². The molecule has 8 rings (SSSR count). The van der Waals surface area contributed by atoms with E-state index in [2.05, 4.69) is 32.9 Å². The van der Waals surface area contributed by atoms with Crippen molar-refractivity contribution in [2.45, 2.75) is 203 Å². The van der Waals surface area contributed by atoms with Crippen LogP contribution >= 0.6 is 0 Å². The summed E-state index contributed by atoms with van der Waals surface area (Å²) in [5, 5.41) is 34.3. The molecule has 19 atom stereocenters. The van der Waals surface area contributed by atoms with E-state index in [0.29, 0.717) is 43.6 Å². The molecule has 6 heterocycles. The first-order valence-electron chi connectivity index (χ1n) is 24.0.